The van der Waals surface area contributed by atoms with Gasteiger partial charge in [-0.3, -0.25) is 4.79 Å². The van der Waals surface area contributed by atoms with E-state index in [9.17, 15) is 9.59 Å². The maximum atomic E-state index is 15.2. The van der Waals surface area contributed by atoms with E-state index < -0.39 is 17.7 Å². The van der Waals surface area contributed by atoms with E-state index in [1.54, 1.807) is 12.1 Å². The van der Waals surface area contributed by atoms with Crippen LogP contribution in [0, 0.1) is 17.2 Å². The summed E-state index contributed by atoms with van der Waals surface area (Å²) in [6.07, 6.45) is 8.23. The van der Waals surface area contributed by atoms with E-state index in [1.165, 1.54) is 23.6 Å². The van der Waals surface area contributed by atoms with Gasteiger partial charge >= 0.3 is 5.97 Å². The summed E-state index contributed by atoms with van der Waals surface area (Å²) in [5, 5.41) is 0. The number of hydrogen-bond donors (Lipinski definition) is 0. The molecule has 0 bridgehead atoms. The Balaban J connectivity index is 1.58. The van der Waals surface area contributed by atoms with Crippen LogP contribution >= 0.6 is 0 Å². The van der Waals surface area contributed by atoms with Crippen LogP contribution in [-0.2, 0) is 9.53 Å². The van der Waals surface area contributed by atoms with Crippen LogP contribution in [0.3, 0.4) is 0 Å². The number of methoxy groups -OCH3 is 1. The molecule has 2 unspecified atom stereocenters. The molecule has 2 saturated carbocycles. The number of carbonyl (C=O) groups is 2. The van der Waals surface area contributed by atoms with Crippen molar-refractivity contribution in [3.8, 4) is 5.75 Å². The van der Waals surface area contributed by atoms with Gasteiger partial charge in [0.15, 0.2) is 0 Å². The third-order valence-electron chi connectivity index (χ3n) is 7.30. The number of allylic oxidation sites excluding steroid dienone is 1. The normalized spacial score (nSPS) is 25.1. The average Bonchev–Trinajstić information content (AvgIpc) is 3.51. The van der Waals surface area contributed by atoms with E-state index in [1.807, 2.05) is 0 Å². The zero-order chi connectivity index (χ0) is 23.8. The molecule has 1 heterocycles. The lowest BCUT2D eigenvalue weighted by Crippen LogP contribution is -2.34. The van der Waals surface area contributed by atoms with Crippen molar-refractivity contribution in [2.24, 2.45) is 11.3 Å². The number of ether oxygens (including phenoxy) is 2. The van der Waals surface area contributed by atoms with Crippen LogP contribution in [0.5, 0.6) is 5.75 Å². The summed E-state index contributed by atoms with van der Waals surface area (Å²) < 4.78 is 26.3. The minimum atomic E-state index is -0.623. The molecule has 1 amide bonds. The molecule has 0 aromatic heterocycles. The predicted octanol–water partition coefficient (Wildman–Crippen LogP) is 5.76. The Labute approximate surface area is 195 Å². The van der Waals surface area contributed by atoms with Gasteiger partial charge in [-0.15, -0.1) is 0 Å². The zero-order valence-corrected chi connectivity index (χ0v) is 19.9. The number of rotatable bonds is 7. The lowest BCUT2D eigenvalue weighted by molar-refractivity contribution is -0.137. The summed E-state index contributed by atoms with van der Waals surface area (Å²) in [5.74, 6) is -0.351. The number of benzene rings is 1. The molecule has 2 fully saturated rings. The van der Waals surface area contributed by atoms with Crippen molar-refractivity contribution >= 4 is 11.9 Å². The molecule has 33 heavy (non-hydrogen) atoms. The highest BCUT2D eigenvalue weighted by Gasteiger charge is 2.37. The Morgan fingerprint density at radius 3 is 2.70 bits per heavy atom. The second-order valence-electron chi connectivity index (χ2n) is 10.1. The maximum Gasteiger partial charge on any atom is 0.354 e. The van der Waals surface area contributed by atoms with Gasteiger partial charge in [-0.25, -0.2) is 9.18 Å². The Bertz CT molecular complexity index is 996. The van der Waals surface area contributed by atoms with Crippen LogP contribution in [0.4, 0.5) is 4.39 Å². The smallest absolute Gasteiger partial charge is 0.354 e. The van der Waals surface area contributed by atoms with Crippen LogP contribution in [0.25, 0.3) is 0 Å². The Kier molecular flexibility index (Phi) is 6.64. The number of nitrogens with zero attached hydrogens (tertiary/aromatic N) is 1. The molecule has 2 atom stereocenters. The minimum Gasteiger partial charge on any atom is -0.493 e. The standard InChI is InChI=1S/C27H34FNO4/c1-5-27(14-17(2)11-18(3)15-27)16-33-24-13-22(28)21(12-20(24)19-8-9-19)25(30)29-10-6-7-23(29)26(31)32-4/h7,12-13,18-19H,2,5-6,8-11,14-16H2,1,3-4H3. The summed E-state index contributed by atoms with van der Waals surface area (Å²) >= 11 is 0. The predicted molar refractivity (Wildman–Crippen MR) is 125 cm³/mol. The van der Waals surface area contributed by atoms with Crippen LogP contribution < -0.4 is 4.74 Å². The van der Waals surface area contributed by atoms with Crippen molar-refractivity contribution in [1.82, 2.24) is 4.90 Å². The number of amides is 1. The summed E-state index contributed by atoms with van der Waals surface area (Å²) in [6.45, 7) is 9.51. The Hall–Kier alpha value is -2.63. The second kappa shape index (κ2) is 9.32. The van der Waals surface area contributed by atoms with Crippen molar-refractivity contribution in [1.29, 1.82) is 0 Å². The molecule has 0 spiro atoms. The third kappa shape index (κ3) is 4.85. The molecule has 5 nitrogen and oxygen atoms in total. The number of hydrogen-bond acceptors (Lipinski definition) is 4. The van der Waals surface area contributed by atoms with Crippen molar-refractivity contribution in [2.45, 2.75) is 64.7 Å². The first-order chi connectivity index (χ1) is 15.8. The van der Waals surface area contributed by atoms with Crippen molar-refractivity contribution in [3.63, 3.8) is 0 Å². The van der Waals surface area contributed by atoms with E-state index in [4.69, 9.17) is 9.47 Å². The van der Waals surface area contributed by atoms with E-state index in [2.05, 4.69) is 20.4 Å². The largest absolute Gasteiger partial charge is 0.493 e. The van der Waals surface area contributed by atoms with Crippen LogP contribution in [0.2, 0.25) is 0 Å². The number of halogens is 1. The first-order valence-electron chi connectivity index (χ1n) is 12.0. The molecule has 6 heteroatoms. The highest BCUT2D eigenvalue weighted by Crippen LogP contribution is 2.48. The molecule has 1 aliphatic heterocycles. The van der Waals surface area contributed by atoms with E-state index in [-0.39, 0.29) is 22.6 Å². The SMILES string of the molecule is C=C1CC(C)CC(CC)(COc2cc(F)c(C(=O)N3CCC=C3C(=O)OC)cc2C2CC2)C1. The van der Waals surface area contributed by atoms with Gasteiger partial charge < -0.3 is 14.4 Å². The van der Waals surface area contributed by atoms with Gasteiger partial charge in [-0.05, 0) is 68.4 Å². The minimum absolute atomic E-state index is 0.0102. The van der Waals surface area contributed by atoms with Gasteiger partial charge in [-0.1, -0.05) is 32.1 Å². The Morgan fingerprint density at radius 2 is 2.06 bits per heavy atom. The second-order valence-corrected chi connectivity index (χ2v) is 10.1. The lowest BCUT2D eigenvalue weighted by atomic mass is 9.67. The summed E-state index contributed by atoms with van der Waals surface area (Å²) in [7, 11) is 1.27. The van der Waals surface area contributed by atoms with E-state index in [0.717, 1.165) is 44.1 Å². The highest BCUT2D eigenvalue weighted by molar-refractivity contribution is 6.02. The summed E-state index contributed by atoms with van der Waals surface area (Å²) in [5.41, 5.74) is 2.30. The van der Waals surface area contributed by atoms with Crippen molar-refractivity contribution in [3.05, 3.63) is 53.0 Å². The quantitative estimate of drug-likeness (QED) is 0.388. The van der Waals surface area contributed by atoms with Gasteiger partial charge in [0.1, 0.15) is 17.3 Å². The fourth-order valence-corrected chi connectivity index (χ4v) is 5.48. The molecular weight excluding hydrogens is 421 g/mol. The van der Waals surface area contributed by atoms with E-state index in [0.29, 0.717) is 31.2 Å². The van der Waals surface area contributed by atoms with Crippen LogP contribution in [0.15, 0.2) is 36.1 Å². The number of esters is 1. The highest BCUT2D eigenvalue weighted by atomic mass is 19.1. The van der Waals surface area contributed by atoms with Gasteiger partial charge in [0.2, 0.25) is 0 Å². The molecule has 0 radical (unpaired) electrons. The number of carbonyl (C=O) groups excluding carboxylic acids is 2. The van der Waals surface area contributed by atoms with Crippen LogP contribution in [0.1, 0.15) is 80.6 Å². The summed E-state index contributed by atoms with van der Waals surface area (Å²) in [4.78, 5) is 26.5. The first kappa shape index (κ1) is 23.5. The first-order valence-corrected chi connectivity index (χ1v) is 12.0. The zero-order valence-electron chi connectivity index (χ0n) is 19.9. The Morgan fingerprint density at radius 1 is 1.30 bits per heavy atom. The molecule has 0 N–H and O–H groups in total. The fourth-order valence-electron chi connectivity index (χ4n) is 5.48. The molecule has 0 saturated heterocycles. The van der Waals surface area contributed by atoms with Crippen molar-refractivity contribution < 1.29 is 23.5 Å². The average molecular weight is 456 g/mol. The summed E-state index contributed by atoms with van der Waals surface area (Å²) in [6, 6.07) is 3.00. The van der Waals surface area contributed by atoms with Gasteiger partial charge in [-0.2, -0.15) is 0 Å². The van der Waals surface area contributed by atoms with Gasteiger partial charge in [0.05, 0.1) is 19.3 Å². The molecule has 178 valence electrons. The van der Waals surface area contributed by atoms with Gasteiger partial charge in [0.25, 0.3) is 5.91 Å². The molecule has 1 aromatic carbocycles. The maximum absolute atomic E-state index is 15.2. The lowest BCUT2D eigenvalue weighted by Gasteiger charge is -2.40. The molecular formula is C27H34FNO4. The molecule has 1 aromatic rings. The van der Waals surface area contributed by atoms with Crippen LogP contribution in [-0.4, -0.2) is 37.0 Å². The fraction of sp³-hybridized carbons (Fsp3) is 0.556. The molecule has 4 rings (SSSR count). The monoisotopic (exact) mass is 455 g/mol. The van der Waals surface area contributed by atoms with E-state index >= 15 is 4.39 Å². The van der Waals surface area contributed by atoms with Gasteiger partial charge in [0, 0.05) is 18.0 Å². The molecule has 3 aliphatic rings. The van der Waals surface area contributed by atoms with Crippen molar-refractivity contribution in [2.75, 3.05) is 20.3 Å². The molecule has 2 aliphatic carbocycles. The topological polar surface area (TPSA) is 55.8 Å². The third-order valence-corrected chi connectivity index (χ3v) is 7.30.